The third-order valence-corrected chi connectivity index (χ3v) is 3.69. The van der Waals surface area contributed by atoms with E-state index in [1.54, 1.807) is 6.08 Å². The highest BCUT2D eigenvalue weighted by molar-refractivity contribution is 5.85. The van der Waals surface area contributed by atoms with E-state index in [0.29, 0.717) is 6.61 Å². The summed E-state index contributed by atoms with van der Waals surface area (Å²) < 4.78 is 5.87. The zero-order chi connectivity index (χ0) is 18.8. The molecule has 0 fully saturated rings. The first kappa shape index (κ1) is 19.1. The maximum Gasteiger partial charge on any atom is 0.405 e. The molecule has 0 saturated heterocycles. The molecule has 0 aliphatic rings. The van der Waals surface area contributed by atoms with Crippen LogP contribution in [0.4, 0.5) is 4.79 Å². The fraction of sp³-hybridized carbons (Fsp3) is 0.200. The lowest BCUT2D eigenvalue weighted by molar-refractivity contribution is -0.122. The van der Waals surface area contributed by atoms with Crippen LogP contribution in [0, 0.1) is 0 Å². The summed E-state index contributed by atoms with van der Waals surface area (Å²) in [5.74, 6) is 0.334. The number of hydrogen-bond acceptors (Lipinski definition) is 3. The van der Waals surface area contributed by atoms with E-state index in [9.17, 15) is 9.59 Å². The quantitative estimate of drug-likeness (QED) is 0.680. The predicted octanol–water partition coefficient (Wildman–Crippen LogP) is 3.05. The molecule has 3 N–H and O–H groups in total. The maximum atomic E-state index is 11.7. The summed E-state index contributed by atoms with van der Waals surface area (Å²) >= 11 is 0. The molecule has 1 atom stereocenters. The van der Waals surface area contributed by atoms with Crippen molar-refractivity contribution in [1.82, 2.24) is 10.6 Å². The van der Waals surface area contributed by atoms with Crippen molar-refractivity contribution in [3.8, 4) is 5.75 Å². The Kier molecular flexibility index (Phi) is 7.24. The van der Waals surface area contributed by atoms with Crippen molar-refractivity contribution in [1.29, 1.82) is 0 Å². The van der Waals surface area contributed by atoms with Crippen molar-refractivity contribution in [3.05, 3.63) is 71.8 Å². The first-order valence-electron chi connectivity index (χ1n) is 8.23. The number of benzene rings is 2. The second-order valence-corrected chi connectivity index (χ2v) is 5.57. The average molecular weight is 354 g/mol. The normalized spacial score (nSPS) is 11.7. The van der Waals surface area contributed by atoms with Crippen LogP contribution in [-0.2, 0) is 11.4 Å². The summed E-state index contributed by atoms with van der Waals surface area (Å²) in [5, 5.41) is 13.5. The van der Waals surface area contributed by atoms with Gasteiger partial charge in [0.1, 0.15) is 18.4 Å². The molecule has 0 aliphatic carbocycles. The van der Waals surface area contributed by atoms with Gasteiger partial charge in [-0.15, -0.1) is 0 Å². The fourth-order valence-electron chi connectivity index (χ4n) is 2.37. The first-order chi connectivity index (χ1) is 12.6. The van der Waals surface area contributed by atoms with Crippen molar-refractivity contribution in [2.75, 3.05) is 7.05 Å². The van der Waals surface area contributed by atoms with Crippen LogP contribution in [0.3, 0.4) is 0 Å². The number of carboxylic acid groups (broad SMARTS) is 1. The molecule has 6 nitrogen and oxygen atoms in total. The van der Waals surface area contributed by atoms with Crippen LogP contribution in [0.25, 0.3) is 6.08 Å². The molecule has 0 aromatic heterocycles. The Morgan fingerprint density at radius 1 is 1.12 bits per heavy atom. The van der Waals surface area contributed by atoms with Gasteiger partial charge in [0.2, 0.25) is 5.91 Å². The number of nitrogens with one attached hydrogen (secondary N) is 2. The first-order valence-corrected chi connectivity index (χ1v) is 8.23. The standard InChI is InChI=1S/C20H22N2O4/c1-21-19(23)17(22-20(24)25)12-7-11-16-10-5-6-13-18(16)26-14-15-8-3-2-4-9-15/h2-11,13,17,22H,12,14H2,1H3,(H,21,23)(H,24,25)/b11-7-. The Balaban J connectivity index is 2.02. The van der Waals surface area contributed by atoms with E-state index in [4.69, 9.17) is 9.84 Å². The number of carbonyl (C=O) groups excluding carboxylic acids is 1. The highest BCUT2D eigenvalue weighted by Gasteiger charge is 2.17. The second-order valence-electron chi connectivity index (χ2n) is 5.57. The molecular weight excluding hydrogens is 332 g/mol. The van der Waals surface area contributed by atoms with E-state index in [1.165, 1.54) is 7.05 Å². The number of para-hydroxylation sites is 1. The van der Waals surface area contributed by atoms with E-state index in [-0.39, 0.29) is 12.3 Å². The molecule has 26 heavy (non-hydrogen) atoms. The molecule has 1 unspecified atom stereocenters. The van der Waals surface area contributed by atoms with Crippen LogP contribution in [-0.4, -0.2) is 30.2 Å². The Hall–Kier alpha value is -3.28. The van der Waals surface area contributed by atoms with Gasteiger partial charge >= 0.3 is 6.09 Å². The molecule has 0 saturated carbocycles. The second kappa shape index (κ2) is 9.88. The van der Waals surface area contributed by atoms with Crippen molar-refractivity contribution in [3.63, 3.8) is 0 Å². The van der Waals surface area contributed by atoms with Gasteiger partial charge in [0.25, 0.3) is 0 Å². The Labute approximate surface area is 152 Å². The largest absolute Gasteiger partial charge is 0.488 e. The summed E-state index contributed by atoms with van der Waals surface area (Å²) in [5.41, 5.74) is 1.92. The summed E-state index contributed by atoms with van der Waals surface area (Å²) in [6, 6.07) is 16.5. The zero-order valence-corrected chi connectivity index (χ0v) is 14.5. The fourth-order valence-corrected chi connectivity index (χ4v) is 2.37. The van der Waals surface area contributed by atoms with E-state index >= 15 is 0 Å². The number of rotatable bonds is 8. The lowest BCUT2D eigenvalue weighted by Crippen LogP contribution is -2.44. The maximum absolute atomic E-state index is 11.7. The molecule has 2 rings (SSSR count). The molecule has 6 heteroatoms. The number of likely N-dealkylation sites (N-methyl/N-ethyl adjacent to an activating group) is 1. The minimum atomic E-state index is -1.24. The summed E-state index contributed by atoms with van der Waals surface area (Å²) in [6.45, 7) is 0.452. The van der Waals surface area contributed by atoms with Crippen molar-refractivity contribution in [2.45, 2.75) is 19.1 Å². The summed E-state index contributed by atoms with van der Waals surface area (Å²) in [4.78, 5) is 22.5. The highest BCUT2D eigenvalue weighted by Crippen LogP contribution is 2.21. The van der Waals surface area contributed by atoms with E-state index in [1.807, 2.05) is 60.7 Å². The molecule has 0 radical (unpaired) electrons. The summed E-state index contributed by atoms with van der Waals surface area (Å²) in [7, 11) is 1.47. The average Bonchev–Trinajstić information content (AvgIpc) is 2.66. The van der Waals surface area contributed by atoms with Gasteiger partial charge < -0.3 is 20.5 Å². The highest BCUT2D eigenvalue weighted by atomic mass is 16.5. The van der Waals surface area contributed by atoms with Crippen LogP contribution < -0.4 is 15.4 Å². The number of ether oxygens (including phenoxy) is 1. The van der Waals surface area contributed by atoms with E-state index < -0.39 is 12.1 Å². The van der Waals surface area contributed by atoms with Gasteiger partial charge in [-0.3, -0.25) is 4.79 Å². The molecule has 2 amide bonds. The third kappa shape index (κ3) is 5.98. The topological polar surface area (TPSA) is 87.7 Å². The number of hydrogen-bond donors (Lipinski definition) is 3. The van der Waals surface area contributed by atoms with Gasteiger partial charge in [-0.2, -0.15) is 0 Å². The Morgan fingerprint density at radius 3 is 2.50 bits per heavy atom. The molecule has 0 aliphatic heterocycles. The predicted molar refractivity (Wildman–Crippen MR) is 99.9 cm³/mol. The van der Waals surface area contributed by atoms with Gasteiger partial charge in [0.15, 0.2) is 0 Å². The third-order valence-electron chi connectivity index (χ3n) is 3.69. The molecule has 0 bridgehead atoms. The minimum Gasteiger partial charge on any atom is -0.488 e. The monoisotopic (exact) mass is 354 g/mol. The summed E-state index contributed by atoms with van der Waals surface area (Å²) in [6.07, 6.45) is 2.57. The molecule has 2 aromatic carbocycles. The Bertz CT molecular complexity index is 759. The Morgan fingerprint density at radius 2 is 1.81 bits per heavy atom. The number of amides is 2. The molecule has 0 heterocycles. The zero-order valence-electron chi connectivity index (χ0n) is 14.5. The smallest absolute Gasteiger partial charge is 0.405 e. The van der Waals surface area contributed by atoms with E-state index in [2.05, 4.69) is 10.6 Å². The van der Waals surface area contributed by atoms with Gasteiger partial charge in [-0.25, -0.2) is 4.79 Å². The van der Waals surface area contributed by atoms with Gasteiger partial charge in [-0.05, 0) is 18.1 Å². The SMILES string of the molecule is CNC(=O)C(C/C=C\c1ccccc1OCc1ccccc1)NC(=O)O. The van der Waals surface area contributed by atoms with Crippen LogP contribution in [0.15, 0.2) is 60.7 Å². The van der Waals surface area contributed by atoms with Crippen LogP contribution >= 0.6 is 0 Å². The van der Waals surface area contributed by atoms with Crippen LogP contribution in [0.5, 0.6) is 5.75 Å². The van der Waals surface area contributed by atoms with Crippen LogP contribution in [0.2, 0.25) is 0 Å². The lowest BCUT2D eigenvalue weighted by Gasteiger charge is -2.13. The van der Waals surface area contributed by atoms with Crippen molar-refractivity contribution < 1.29 is 19.4 Å². The molecule has 136 valence electrons. The van der Waals surface area contributed by atoms with Gasteiger partial charge in [0.05, 0.1) is 0 Å². The van der Waals surface area contributed by atoms with Crippen LogP contribution in [0.1, 0.15) is 17.5 Å². The van der Waals surface area contributed by atoms with Gasteiger partial charge in [-0.1, -0.05) is 60.7 Å². The molecule has 0 spiro atoms. The minimum absolute atomic E-state index is 0.235. The lowest BCUT2D eigenvalue weighted by atomic mass is 10.1. The molecular formula is C20H22N2O4. The van der Waals surface area contributed by atoms with E-state index in [0.717, 1.165) is 16.9 Å². The van der Waals surface area contributed by atoms with Crippen molar-refractivity contribution >= 4 is 18.1 Å². The number of carbonyl (C=O) groups is 2. The van der Waals surface area contributed by atoms with Crippen molar-refractivity contribution in [2.24, 2.45) is 0 Å². The molecule has 2 aromatic rings. The van der Waals surface area contributed by atoms with Gasteiger partial charge in [0, 0.05) is 12.6 Å².